The Labute approximate surface area is 127 Å². The van der Waals surface area contributed by atoms with Crippen LogP contribution in [0, 0.1) is 11.8 Å². The molecule has 0 aromatic heterocycles. The van der Waals surface area contributed by atoms with Gasteiger partial charge in [0.15, 0.2) is 0 Å². The first-order chi connectivity index (χ1) is 9.93. The number of alkyl halides is 1. The highest BCUT2D eigenvalue weighted by atomic mass is 19.1. The van der Waals surface area contributed by atoms with E-state index in [1.807, 2.05) is 18.2 Å². The number of halogens is 1. The molecule has 1 aliphatic rings. The standard InChI is InChI=1S/C18H27FO2/c1-13-15(10-9-14-7-5-4-6-8-14)21-16(11-12-20)17(13)18(2,3)19/h4-8,13,15-17,20H,9-12H2,1-3H3/t13-,15+,16-,17+/m0/s1. The Hall–Kier alpha value is -0.930. The predicted octanol–water partition coefficient (Wildman–Crippen LogP) is 3.77. The maximum absolute atomic E-state index is 14.5. The van der Waals surface area contributed by atoms with Crippen LogP contribution in [0.25, 0.3) is 0 Å². The van der Waals surface area contributed by atoms with E-state index in [4.69, 9.17) is 4.74 Å². The van der Waals surface area contributed by atoms with Crippen molar-refractivity contribution in [3.05, 3.63) is 35.9 Å². The molecule has 1 aliphatic heterocycles. The van der Waals surface area contributed by atoms with Crippen LogP contribution >= 0.6 is 0 Å². The zero-order valence-corrected chi connectivity index (χ0v) is 13.3. The zero-order valence-electron chi connectivity index (χ0n) is 13.3. The van der Waals surface area contributed by atoms with E-state index in [9.17, 15) is 9.50 Å². The summed E-state index contributed by atoms with van der Waals surface area (Å²) in [6, 6.07) is 10.3. The maximum Gasteiger partial charge on any atom is 0.111 e. The summed E-state index contributed by atoms with van der Waals surface area (Å²) in [6.07, 6.45) is 2.26. The summed E-state index contributed by atoms with van der Waals surface area (Å²) in [5, 5.41) is 9.19. The number of hydrogen-bond acceptors (Lipinski definition) is 2. The van der Waals surface area contributed by atoms with Crippen molar-refractivity contribution in [2.75, 3.05) is 6.61 Å². The van der Waals surface area contributed by atoms with Crippen LogP contribution in [0.2, 0.25) is 0 Å². The van der Waals surface area contributed by atoms with E-state index in [1.54, 1.807) is 13.8 Å². The second-order valence-corrected chi connectivity index (χ2v) is 6.70. The lowest BCUT2D eigenvalue weighted by molar-refractivity contribution is -0.00839. The molecule has 2 rings (SSSR count). The Balaban J connectivity index is 2.01. The Morgan fingerprint density at radius 3 is 2.38 bits per heavy atom. The lowest BCUT2D eigenvalue weighted by Crippen LogP contribution is -2.37. The SMILES string of the molecule is C[C@@H]1[C@@H](C(C)(C)F)[C@H](CCO)O[C@@H]1CCc1ccccc1. The van der Waals surface area contributed by atoms with E-state index in [2.05, 4.69) is 19.1 Å². The fourth-order valence-electron chi connectivity index (χ4n) is 3.73. The number of aliphatic hydroxyl groups is 1. The highest BCUT2D eigenvalue weighted by molar-refractivity contribution is 5.15. The molecule has 0 radical (unpaired) electrons. The number of rotatable bonds is 6. The largest absolute Gasteiger partial charge is 0.396 e. The summed E-state index contributed by atoms with van der Waals surface area (Å²) in [4.78, 5) is 0. The van der Waals surface area contributed by atoms with E-state index in [0.29, 0.717) is 6.42 Å². The third kappa shape index (κ3) is 4.04. The molecule has 1 N–H and O–H groups in total. The first-order valence-electron chi connectivity index (χ1n) is 7.92. The van der Waals surface area contributed by atoms with Crippen LogP contribution in [0.3, 0.4) is 0 Å². The van der Waals surface area contributed by atoms with Gasteiger partial charge < -0.3 is 9.84 Å². The van der Waals surface area contributed by atoms with E-state index in [1.165, 1.54) is 5.56 Å². The molecule has 1 fully saturated rings. The lowest BCUT2D eigenvalue weighted by Gasteiger charge is -2.30. The van der Waals surface area contributed by atoms with Crippen molar-refractivity contribution in [3.8, 4) is 0 Å². The Bertz CT molecular complexity index is 427. The van der Waals surface area contributed by atoms with Crippen molar-refractivity contribution in [2.24, 2.45) is 11.8 Å². The minimum atomic E-state index is -1.28. The molecular weight excluding hydrogens is 267 g/mol. The molecule has 118 valence electrons. The van der Waals surface area contributed by atoms with Gasteiger partial charge in [0.1, 0.15) is 5.67 Å². The fourth-order valence-corrected chi connectivity index (χ4v) is 3.73. The number of aryl methyl sites for hydroxylation is 1. The Morgan fingerprint density at radius 2 is 1.81 bits per heavy atom. The Kier molecular flexibility index (Phi) is 5.39. The van der Waals surface area contributed by atoms with Gasteiger partial charge in [0.25, 0.3) is 0 Å². The number of ether oxygens (including phenoxy) is 1. The number of benzene rings is 1. The Morgan fingerprint density at radius 1 is 1.14 bits per heavy atom. The van der Waals surface area contributed by atoms with Gasteiger partial charge in [-0.15, -0.1) is 0 Å². The third-order valence-corrected chi connectivity index (χ3v) is 4.67. The van der Waals surface area contributed by atoms with Crippen LogP contribution < -0.4 is 0 Å². The molecule has 0 bridgehead atoms. The monoisotopic (exact) mass is 294 g/mol. The smallest absolute Gasteiger partial charge is 0.111 e. The molecule has 4 atom stereocenters. The summed E-state index contributed by atoms with van der Waals surface area (Å²) in [6.45, 7) is 5.39. The van der Waals surface area contributed by atoms with Gasteiger partial charge in [-0.05, 0) is 44.6 Å². The summed E-state index contributed by atoms with van der Waals surface area (Å²) in [5.41, 5.74) is 0.00997. The van der Waals surface area contributed by atoms with Crippen LogP contribution in [0.5, 0.6) is 0 Å². The van der Waals surface area contributed by atoms with E-state index < -0.39 is 5.67 Å². The maximum atomic E-state index is 14.5. The first-order valence-corrected chi connectivity index (χ1v) is 7.92. The molecule has 2 nitrogen and oxygen atoms in total. The average molecular weight is 294 g/mol. The predicted molar refractivity (Wildman–Crippen MR) is 83.0 cm³/mol. The van der Waals surface area contributed by atoms with Crippen molar-refractivity contribution in [3.63, 3.8) is 0 Å². The molecule has 0 aliphatic carbocycles. The van der Waals surface area contributed by atoms with E-state index >= 15 is 0 Å². The number of hydrogen-bond donors (Lipinski definition) is 1. The van der Waals surface area contributed by atoms with Crippen molar-refractivity contribution >= 4 is 0 Å². The summed E-state index contributed by atoms with van der Waals surface area (Å²) in [5.74, 6) is 0.0238. The fraction of sp³-hybridized carbons (Fsp3) is 0.667. The normalized spacial score (nSPS) is 29.8. The summed E-state index contributed by atoms with van der Waals surface area (Å²) >= 11 is 0. The van der Waals surface area contributed by atoms with Crippen molar-refractivity contribution < 1.29 is 14.2 Å². The van der Waals surface area contributed by atoms with Gasteiger partial charge in [-0.3, -0.25) is 0 Å². The quantitative estimate of drug-likeness (QED) is 0.865. The molecule has 0 saturated carbocycles. The van der Waals surface area contributed by atoms with Gasteiger partial charge in [0.2, 0.25) is 0 Å². The van der Waals surface area contributed by atoms with Crippen molar-refractivity contribution in [2.45, 2.75) is 57.9 Å². The van der Waals surface area contributed by atoms with Gasteiger partial charge in [-0.25, -0.2) is 4.39 Å². The highest BCUT2D eigenvalue weighted by Gasteiger charge is 2.48. The van der Waals surface area contributed by atoms with Crippen LogP contribution in [0.4, 0.5) is 4.39 Å². The van der Waals surface area contributed by atoms with Gasteiger partial charge in [-0.2, -0.15) is 0 Å². The van der Waals surface area contributed by atoms with E-state index in [-0.39, 0.29) is 30.7 Å². The van der Waals surface area contributed by atoms with Crippen LogP contribution in [0.15, 0.2) is 30.3 Å². The van der Waals surface area contributed by atoms with Crippen LogP contribution in [0.1, 0.15) is 39.2 Å². The van der Waals surface area contributed by atoms with Crippen LogP contribution in [-0.2, 0) is 11.2 Å². The molecule has 3 heteroatoms. The minimum absolute atomic E-state index is 0.0510. The highest BCUT2D eigenvalue weighted by Crippen LogP contribution is 2.43. The van der Waals surface area contributed by atoms with Gasteiger partial charge in [0, 0.05) is 12.5 Å². The van der Waals surface area contributed by atoms with Gasteiger partial charge >= 0.3 is 0 Å². The summed E-state index contributed by atoms with van der Waals surface area (Å²) < 4.78 is 20.6. The average Bonchev–Trinajstić information content (AvgIpc) is 2.74. The van der Waals surface area contributed by atoms with Crippen molar-refractivity contribution in [1.82, 2.24) is 0 Å². The number of aliphatic hydroxyl groups excluding tert-OH is 1. The lowest BCUT2D eigenvalue weighted by atomic mass is 9.77. The van der Waals surface area contributed by atoms with Crippen LogP contribution in [-0.4, -0.2) is 29.6 Å². The molecule has 0 amide bonds. The zero-order chi connectivity index (χ0) is 15.5. The summed E-state index contributed by atoms with van der Waals surface area (Å²) in [7, 11) is 0. The molecule has 1 heterocycles. The van der Waals surface area contributed by atoms with Crippen molar-refractivity contribution in [1.29, 1.82) is 0 Å². The van der Waals surface area contributed by atoms with Gasteiger partial charge in [0.05, 0.1) is 12.2 Å². The minimum Gasteiger partial charge on any atom is -0.396 e. The molecular formula is C18H27FO2. The second kappa shape index (κ2) is 6.89. The molecule has 1 aromatic rings. The molecule has 0 unspecified atom stereocenters. The van der Waals surface area contributed by atoms with Gasteiger partial charge in [-0.1, -0.05) is 37.3 Å². The molecule has 21 heavy (non-hydrogen) atoms. The third-order valence-electron chi connectivity index (χ3n) is 4.67. The molecule has 1 aromatic carbocycles. The molecule has 1 saturated heterocycles. The molecule has 0 spiro atoms. The first kappa shape index (κ1) is 16.4. The topological polar surface area (TPSA) is 29.5 Å². The second-order valence-electron chi connectivity index (χ2n) is 6.70. The van der Waals surface area contributed by atoms with E-state index in [0.717, 1.165) is 12.8 Å².